The highest BCUT2D eigenvalue weighted by atomic mass is 16.6. The van der Waals surface area contributed by atoms with Crippen molar-refractivity contribution in [1.82, 2.24) is 4.90 Å². The van der Waals surface area contributed by atoms with Crippen molar-refractivity contribution in [2.24, 2.45) is 5.41 Å². The van der Waals surface area contributed by atoms with Crippen molar-refractivity contribution in [3.63, 3.8) is 0 Å². The summed E-state index contributed by atoms with van der Waals surface area (Å²) in [7, 11) is 4.17. The van der Waals surface area contributed by atoms with Gasteiger partial charge in [0.1, 0.15) is 23.6 Å². The van der Waals surface area contributed by atoms with Crippen LogP contribution in [0.3, 0.4) is 0 Å². The number of hydrogen-bond donors (Lipinski definition) is 1. The number of ether oxygens (including phenoxy) is 4. The van der Waals surface area contributed by atoms with Gasteiger partial charge in [0.15, 0.2) is 0 Å². The molecule has 33 heavy (non-hydrogen) atoms. The number of rotatable bonds is 2. The van der Waals surface area contributed by atoms with Crippen molar-refractivity contribution in [2.75, 3.05) is 32.8 Å². The Morgan fingerprint density at radius 2 is 1.94 bits per heavy atom. The SMILES string of the molecule is COC(=O)N1c2c(OC)cccc2[C@@]23CCN4[C@@H]5CC[C@]6(CC[C@]12C(O)(C(=O)OC)[C@@H]6O5)[C@H]43. The molecule has 0 aromatic heterocycles. The minimum Gasteiger partial charge on any atom is -0.495 e. The smallest absolute Gasteiger partial charge is 0.414 e. The number of piperidine rings is 1. The standard InChI is InChI=1S/C24H28N2O7/c1-30-14-6-4-5-13-16(14)26(20(28)32-3)23-10-9-21-8-7-15(25-12-11-22(13,23)17(21)25)33-18(21)24(23,29)19(27)31-2/h4-6,15,17-18,29H,7-12H2,1-3H3/t15-,17-,18+,21-,22+,23-,24?/m0/s1. The molecule has 1 aromatic rings. The number of carbonyl (C=O) groups is 2. The van der Waals surface area contributed by atoms with Crippen LogP contribution < -0.4 is 9.64 Å². The van der Waals surface area contributed by atoms with Crippen LogP contribution in [0.5, 0.6) is 5.75 Å². The molecule has 1 N–H and O–H groups in total. The first-order chi connectivity index (χ1) is 15.9. The number of benzene rings is 1. The first-order valence-corrected chi connectivity index (χ1v) is 11.7. The van der Waals surface area contributed by atoms with Crippen LogP contribution in [0.25, 0.3) is 0 Å². The minimum atomic E-state index is -2.05. The largest absolute Gasteiger partial charge is 0.495 e. The second-order valence-corrected chi connectivity index (χ2v) is 10.4. The highest BCUT2D eigenvalue weighted by Gasteiger charge is 2.92. The third-order valence-corrected chi connectivity index (χ3v) is 10.0. The lowest BCUT2D eigenvalue weighted by Gasteiger charge is -2.77. The number of aliphatic hydroxyl groups is 1. The number of para-hydroxylation sites is 1. The Morgan fingerprint density at radius 1 is 1.12 bits per heavy atom. The number of amides is 1. The molecule has 176 valence electrons. The van der Waals surface area contributed by atoms with Gasteiger partial charge < -0.3 is 24.1 Å². The molecule has 3 aliphatic carbocycles. The van der Waals surface area contributed by atoms with E-state index in [0.29, 0.717) is 24.3 Å². The summed E-state index contributed by atoms with van der Waals surface area (Å²) in [5, 5.41) is 12.7. The van der Waals surface area contributed by atoms with Gasteiger partial charge in [0, 0.05) is 23.4 Å². The second-order valence-electron chi connectivity index (χ2n) is 10.4. The molecule has 8 aliphatic rings. The maximum absolute atomic E-state index is 13.6. The summed E-state index contributed by atoms with van der Waals surface area (Å²) in [5.74, 6) is -0.237. The van der Waals surface area contributed by atoms with E-state index in [-0.39, 0.29) is 12.3 Å². The average molecular weight is 456 g/mol. The Kier molecular flexibility index (Phi) is 3.54. The summed E-state index contributed by atoms with van der Waals surface area (Å²) >= 11 is 0. The normalized spacial score (nSPS) is 45.6. The van der Waals surface area contributed by atoms with E-state index in [0.717, 1.165) is 31.4 Å². The molecule has 1 amide bonds. The summed E-state index contributed by atoms with van der Waals surface area (Å²) in [6.07, 6.45) is 2.09. The summed E-state index contributed by atoms with van der Waals surface area (Å²) in [6, 6.07) is 5.80. The highest BCUT2D eigenvalue weighted by Crippen LogP contribution is 2.80. The van der Waals surface area contributed by atoms with Crippen molar-refractivity contribution in [1.29, 1.82) is 0 Å². The first kappa shape index (κ1) is 20.1. The third kappa shape index (κ3) is 1.66. The molecule has 3 spiro atoms. The molecule has 9 rings (SSSR count). The van der Waals surface area contributed by atoms with Crippen molar-refractivity contribution in [3.05, 3.63) is 23.8 Å². The summed E-state index contributed by atoms with van der Waals surface area (Å²) in [6.45, 7) is 0.772. The van der Waals surface area contributed by atoms with Gasteiger partial charge >= 0.3 is 12.1 Å². The zero-order chi connectivity index (χ0) is 23.0. The van der Waals surface area contributed by atoms with Gasteiger partial charge in [0.2, 0.25) is 5.60 Å². The lowest BCUT2D eigenvalue weighted by atomic mass is 9.35. The van der Waals surface area contributed by atoms with Crippen LogP contribution in [0, 0.1) is 5.41 Å². The summed E-state index contributed by atoms with van der Waals surface area (Å²) in [5.41, 5.74) is -2.92. The third-order valence-electron chi connectivity index (χ3n) is 10.0. The Hall–Kier alpha value is -2.36. The molecule has 3 saturated carbocycles. The minimum absolute atomic E-state index is 0.0432. The van der Waals surface area contributed by atoms with Crippen LogP contribution in [0.1, 0.15) is 37.7 Å². The first-order valence-electron chi connectivity index (χ1n) is 11.7. The molecule has 4 saturated heterocycles. The molecule has 9 heteroatoms. The number of hydrogen-bond acceptors (Lipinski definition) is 8. The van der Waals surface area contributed by atoms with Crippen LogP contribution in [-0.2, 0) is 24.4 Å². The van der Waals surface area contributed by atoms with Gasteiger partial charge in [-0.05, 0) is 43.7 Å². The van der Waals surface area contributed by atoms with Gasteiger partial charge in [-0.15, -0.1) is 0 Å². The Bertz CT molecular complexity index is 1110. The van der Waals surface area contributed by atoms with E-state index in [1.807, 2.05) is 18.2 Å². The van der Waals surface area contributed by atoms with E-state index >= 15 is 0 Å². The molecule has 5 heterocycles. The van der Waals surface area contributed by atoms with E-state index in [4.69, 9.17) is 18.9 Å². The molecule has 7 fully saturated rings. The molecule has 7 atom stereocenters. The maximum atomic E-state index is 13.6. The predicted molar refractivity (Wildman–Crippen MR) is 114 cm³/mol. The number of esters is 1. The quantitative estimate of drug-likeness (QED) is 0.670. The Morgan fingerprint density at radius 3 is 2.67 bits per heavy atom. The van der Waals surface area contributed by atoms with Crippen LogP contribution in [0.15, 0.2) is 18.2 Å². The van der Waals surface area contributed by atoms with Crippen molar-refractivity contribution in [2.45, 2.75) is 67.0 Å². The van der Waals surface area contributed by atoms with Gasteiger partial charge in [-0.3, -0.25) is 9.80 Å². The Balaban J connectivity index is 1.65. The molecule has 0 radical (unpaired) electrons. The van der Waals surface area contributed by atoms with Gasteiger partial charge in [-0.2, -0.15) is 0 Å². The second kappa shape index (κ2) is 5.82. The number of nitrogens with zero attached hydrogens (tertiary/aromatic N) is 2. The molecular formula is C24H28N2O7. The fourth-order valence-corrected chi connectivity index (χ4v) is 9.34. The fraction of sp³-hybridized carbons (Fsp3) is 0.667. The predicted octanol–water partition coefficient (Wildman–Crippen LogP) is 1.55. The maximum Gasteiger partial charge on any atom is 0.414 e. The summed E-state index contributed by atoms with van der Waals surface area (Å²) in [4.78, 5) is 31.2. The lowest BCUT2D eigenvalue weighted by molar-refractivity contribution is -0.366. The van der Waals surface area contributed by atoms with Crippen molar-refractivity contribution < 1.29 is 33.6 Å². The van der Waals surface area contributed by atoms with Crippen molar-refractivity contribution in [3.8, 4) is 5.75 Å². The number of fused-ring (bicyclic) bond motifs is 3. The molecule has 1 unspecified atom stereocenters. The van der Waals surface area contributed by atoms with Crippen LogP contribution in [-0.4, -0.2) is 79.5 Å². The van der Waals surface area contributed by atoms with E-state index in [1.165, 1.54) is 19.1 Å². The van der Waals surface area contributed by atoms with Crippen LogP contribution in [0.4, 0.5) is 10.5 Å². The molecule has 5 bridgehead atoms. The molecule has 5 aliphatic heterocycles. The van der Waals surface area contributed by atoms with E-state index in [1.54, 1.807) is 7.11 Å². The molecular weight excluding hydrogens is 428 g/mol. The monoisotopic (exact) mass is 456 g/mol. The number of anilines is 1. The number of methoxy groups -OCH3 is 3. The topological polar surface area (TPSA) is 97.8 Å². The van der Waals surface area contributed by atoms with Gasteiger partial charge in [0.05, 0.1) is 27.0 Å². The van der Waals surface area contributed by atoms with Gasteiger partial charge in [-0.25, -0.2) is 9.59 Å². The van der Waals surface area contributed by atoms with Crippen LogP contribution in [0.2, 0.25) is 0 Å². The van der Waals surface area contributed by atoms with Crippen LogP contribution >= 0.6 is 0 Å². The average Bonchev–Trinajstić information content (AvgIpc) is 3.41. The number of carbonyl (C=O) groups excluding carboxylic acids is 2. The fourth-order valence-electron chi connectivity index (χ4n) is 9.34. The zero-order valence-electron chi connectivity index (χ0n) is 19.0. The lowest BCUT2D eigenvalue weighted by Crippen LogP contribution is -2.93. The highest BCUT2D eigenvalue weighted by molar-refractivity contribution is 6.01. The van der Waals surface area contributed by atoms with Gasteiger partial charge in [-0.1, -0.05) is 12.1 Å². The summed E-state index contributed by atoms with van der Waals surface area (Å²) < 4.78 is 22.8. The van der Waals surface area contributed by atoms with E-state index in [2.05, 4.69) is 4.90 Å². The van der Waals surface area contributed by atoms with E-state index in [9.17, 15) is 14.7 Å². The zero-order valence-corrected chi connectivity index (χ0v) is 19.0. The van der Waals surface area contributed by atoms with Crippen molar-refractivity contribution >= 4 is 17.7 Å². The Labute approximate surface area is 191 Å². The molecule has 1 aromatic carbocycles. The van der Waals surface area contributed by atoms with Gasteiger partial charge in [0.25, 0.3) is 0 Å². The molecule has 9 nitrogen and oxygen atoms in total. The van der Waals surface area contributed by atoms with E-state index < -0.39 is 40.1 Å².